The Morgan fingerprint density at radius 2 is 0.980 bits per heavy atom. The molecule has 0 amide bonds. The van der Waals surface area contributed by atoms with Gasteiger partial charge in [0.05, 0.1) is 16.6 Å². The number of hydrogen-bond acceptors (Lipinski definition) is 1. The maximum atomic E-state index is 5.51. The summed E-state index contributed by atoms with van der Waals surface area (Å²) in [5.41, 5.74) is 15.8. The molecule has 0 unspecified atom stereocenters. The van der Waals surface area contributed by atoms with Gasteiger partial charge in [0.15, 0.2) is 0 Å². The molecule has 11 rings (SSSR count). The van der Waals surface area contributed by atoms with E-state index in [4.69, 9.17) is 4.98 Å². The fourth-order valence-electron chi connectivity index (χ4n) is 9.05. The maximum Gasteiger partial charge on any atom is 0.0794 e. The van der Waals surface area contributed by atoms with Crippen LogP contribution in [0.1, 0.15) is 22.3 Å². The highest BCUT2D eigenvalue weighted by molar-refractivity contribution is 6.19. The van der Waals surface area contributed by atoms with Crippen molar-refractivity contribution in [1.82, 2.24) is 4.98 Å². The smallest absolute Gasteiger partial charge is 0.0794 e. The summed E-state index contributed by atoms with van der Waals surface area (Å²) in [7, 11) is 0. The molecule has 1 heterocycles. The van der Waals surface area contributed by atoms with Gasteiger partial charge in [-0.2, -0.15) is 0 Å². The van der Waals surface area contributed by atoms with Crippen molar-refractivity contribution in [3.8, 4) is 44.6 Å². The number of benzene rings is 8. The molecule has 0 bridgehead atoms. The normalized spacial score (nSPS) is 13.5. The summed E-state index contributed by atoms with van der Waals surface area (Å²) < 4.78 is 0. The molecule has 9 aromatic rings. The lowest BCUT2D eigenvalue weighted by atomic mass is 9.70. The number of hydrogen-bond donors (Lipinski definition) is 0. The summed E-state index contributed by atoms with van der Waals surface area (Å²) in [6.07, 6.45) is 0. The van der Waals surface area contributed by atoms with Crippen molar-refractivity contribution >= 4 is 32.4 Å². The highest BCUT2D eigenvalue weighted by atomic mass is 14.7. The Bertz CT molecular complexity index is 2790. The zero-order chi connectivity index (χ0) is 32.1. The molecule has 1 heteroatoms. The molecule has 1 aromatic heterocycles. The topological polar surface area (TPSA) is 12.9 Å². The summed E-state index contributed by atoms with van der Waals surface area (Å²) in [5.74, 6) is 0. The zero-order valence-electron chi connectivity index (χ0n) is 26.7. The number of nitrogens with zero attached hydrogens (tertiary/aromatic N) is 1. The van der Waals surface area contributed by atoms with Gasteiger partial charge in [-0.25, -0.2) is 4.98 Å². The van der Waals surface area contributed by atoms with Crippen LogP contribution in [0.15, 0.2) is 176 Å². The van der Waals surface area contributed by atoms with Crippen LogP contribution in [-0.2, 0) is 5.41 Å². The Balaban J connectivity index is 1.26. The van der Waals surface area contributed by atoms with Gasteiger partial charge in [-0.3, -0.25) is 0 Å². The van der Waals surface area contributed by atoms with Crippen LogP contribution in [0.5, 0.6) is 0 Å². The Hall–Kier alpha value is -6.31. The van der Waals surface area contributed by atoms with Crippen LogP contribution in [0.3, 0.4) is 0 Å². The lowest BCUT2D eigenvalue weighted by Crippen LogP contribution is -2.25. The molecule has 8 aromatic carbocycles. The zero-order valence-corrected chi connectivity index (χ0v) is 26.7. The van der Waals surface area contributed by atoms with Gasteiger partial charge >= 0.3 is 0 Å². The first-order valence-corrected chi connectivity index (χ1v) is 17.1. The minimum Gasteiger partial charge on any atom is -0.247 e. The third-order valence-corrected chi connectivity index (χ3v) is 11.0. The number of fused-ring (bicyclic) bond motifs is 15. The molecule has 0 radical (unpaired) electrons. The molecular formula is C48H29N. The van der Waals surface area contributed by atoms with E-state index in [1.54, 1.807) is 0 Å². The van der Waals surface area contributed by atoms with Crippen molar-refractivity contribution in [2.75, 3.05) is 0 Å². The van der Waals surface area contributed by atoms with Crippen molar-refractivity contribution in [3.05, 3.63) is 198 Å². The van der Waals surface area contributed by atoms with Gasteiger partial charge in [-0.05, 0) is 90.0 Å². The molecule has 0 N–H and O–H groups in total. The monoisotopic (exact) mass is 619 g/mol. The van der Waals surface area contributed by atoms with Crippen molar-refractivity contribution in [2.24, 2.45) is 0 Å². The second-order valence-electron chi connectivity index (χ2n) is 13.4. The molecule has 0 aliphatic heterocycles. The molecule has 226 valence electrons. The lowest BCUT2D eigenvalue weighted by Gasteiger charge is -2.30. The number of pyridine rings is 1. The predicted molar refractivity (Wildman–Crippen MR) is 204 cm³/mol. The van der Waals surface area contributed by atoms with E-state index in [-0.39, 0.29) is 0 Å². The van der Waals surface area contributed by atoms with Crippen LogP contribution >= 0.6 is 0 Å². The second-order valence-corrected chi connectivity index (χ2v) is 13.4. The van der Waals surface area contributed by atoms with Crippen molar-refractivity contribution in [3.63, 3.8) is 0 Å². The van der Waals surface area contributed by atoms with Crippen LogP contribution in [0.4, 0.5) is 0 Å². The van der Waals surface area contributed by atoms with E-state index in [1.807, 2.05) is 0 Å². The number of rotatable bonds is 2. The second kappa shape index (κ2) is 9.86. The highest BCUT2D eigenvalue weighted by Crippen LogP contribution is 2.64. The average Bonchev–Trinajstić information content (AvgIpc) is 3.65. The molecule has 2 aliphatic carbocycles. The minimum atomic E-state index is -0.400. The summed E-state index contributed by atoms with van der Waals surface area (Å²) >= 11 is 0. The van der Waals surface area contributed by atoms with Crippen LogP contribution < -0.4 is 0 Å². The van der Waals surface area contributed by atoms with Gasteiger partial charge in [-0.1, -0.05) is 158 Å². The first-order valence-electron chi connectivity index (χ1n) is 17.1. The summed E-state index contributed by atoms with van der Waals surface area (Å²) in [6.45, 7) is 0. The molecular weight excluding hydrogens is 591 g/mol. The molecule has 49 heavy (non-hydrogen) atoms. The SMILES string of the molecule is c1cc(-c2ccc3ccccc3c2)cc(-c2nc3ccccc3c3ccc4c(c23)-c2ccccc2C42c3ccccc3-c3ccccc32)c1. The molecule has 0 atom stereocenters. The summed E-state index contributed by atoms with van der Waals surface area (Å²) in [4.78, 5) is 5.51. The van der Waals surface area contributed by atoms with Gasteiger partial charge < -0.3 is 0 Å². The quantitative estimate of drug-likeness (QED) is 0.175. The Morgan fingerprint density at radius 3 is 1.78 bits per heavy atom. The van der Waals surface area contributed by atoms with Crippen molar-refractivity contribution < 1.29 is 0 Å². The van der Waals surface area contributed by atoms with Crippen LogP contribution in [0.25, 0.3) is 77.1 Å². The highest BCUT2D eigenvalue weighted by Gasteiger charge is 2.52. The fourth-order valence-corrected chi connectivity index (χ4v) is 9.05. The minimum absolute atomic E-state index is 0.400. The predicted octanol–water partition coefficient (Wildman–Crippen LogP) is 12.2. The molecule has 0 saturated carbocycles. The van der Waals surface area contributed by atoms with Crippen molar-refractivity contribution in [2.45, 2.75) is 5.41 Å². The van der Waals surface area contributed by atoms with E-state index < -0.39 is 5.41 Å². The van der Waals surface area contributed by atoms with Gasteiger partial charge in [0.2, 0.25) is 0 Å². The maximum absolute atomic E-state index is 5.51. The molecule has 0 saturated heterocycles. The van der Waals surface area contributed by atoms with E-state index in [0.717, 1.165) is 16.8 Å². The Labute approximate surface area is 284 Å². The molecule has 2 aliphatic rings. The number of aromatic nitrogens is 1. The van der Waals surface area contributed by atoms with E-state index in [9.17, 15) is 0 Å². The Kier molecular flexibility index (Phi) is 5.38. The standard InChI is InChI=1S/C48H29N/c1-2-13-31-28-33(25-24-30(31)12-1)32-14-11-15-34(29-32)47-46-38(37-18-6-10-23-44(37)49-47)26-27-43-45(46)39-19-5-9-22-42(39)48(43)40-20-7-3-16-35(40)36-17-4-8-21-41(36)48/h1-29H. The van der Waals surface area contributed by atoms with E-state index in [2.05, 4.69) is 176 Å². The lowest BCUT2D eigenvalue weighted by molar-refractivity contribution is 0.794. The van der Waals surface area contributed by atoms with Crippen LogP contribution in [0.2, 0.25) is 0 Å². The Morgan fingerprint density at radius 1 is 0.367 bits per heavy atom. The third kappa shape index (κ3) is 3.51. The van der Waals surface area contributed by atoms with Gasteiger partial charge in [0.1, 0.15) is 0 Å². The van der Waals surface area contributed by atoms with E-state index in [0.29, 0.717) is 0 Å². The van der Waals surface area contributed by atoms with Gasteiger partial charge in [0, 0.05) is 16.3 Å². The van der Waals surface area contributed by atoms with Crippen molar-refractivity contribution in [1.29, 1.82) is 0 Å². The van der Waals surface area contributed by atoms with Gasteiger partial charge in [0.25, 0.3) is 0 Å². The van der Waals surface area contributed by atoms with Gasteiger partial charge in [-0.15, -0.1) is 0 Å². The summed E-state index contributed by atoms with van der Waals surface area (Å²) in [5, 5.41) is 6.14. The largest absolute Gasteiger partial charge is 0.247 e. The van der Waals surface area contributed by atoms with Crippen LogP contribution in [0, 0.1) is 0 Å². The number of para-hydroxylation sites is 1. The first kappa shape index (κ1) is 26.7. The third-order valence-electron chi connectivity index (χ3n) is 11.0. The molecule has 0 fully saturated rings. The van der Waals surface area contributed by atoms with E-state index in [1.165, 1.54) is 82.6 Å². The fraction of sp³-hybridized carbons (Fsp3) is 0.0208. The van der Waals surface area contributed by atoms with E-state index >= 15 is 0 Å². The first-order chi connectivity index (χ1) is 24.3. The van der Waals surface area contributed by atoms with Crippen LogP contribution in [-0.4, -0.2) is 4.98 Å². The summed E-state index contributed by atoms with van der Waals surface area (Å²) in [6, 6.07) is 64.8. The molecule has 1 nitrogen and oxygen atoms in total. The molecule has 1 spiro atoms. The average molecular weight is 620 g/mol.